The average Bonchev–Trinajstić information content (AvgIpc) is 1.60. The van der Waals surface area contributed by atoms with Gasteiger partial charge in [-0.25, -0.2) is 15.0 Å². The summed E-state index contributed by atoms with van der Waals surface area (Å²) in [5, 5.41) is 11.4. The van der Waals surface area contributed by atoms with Crippen molar-refractivity contribution in [1.29, 1.82) is 0 Å². The standard InChI is InChI=1S/C28H27ClN2O3.C23H28ClNO2.C16H17BrClNO.C11H15ClO/c1-5-28(3,4)20-13-14-24(23(29)16-20)34-25-15-12-19(17-30-25)11-10-18(2)31-26(32)21-8-6-7-9-22(21)27(31)33;1-6-23(4,5)19-10-11-21(20(24)14-19)27-22-12-9-18(15-25-22)8-7-16(2)13-17(3)26;1-4-16(2,3)11-5-7-14(13(18)9-11)20-15-8-6-12(17)10-19-15;1-4-11(2,3)8-5-6-10(13)9(12)7-8/h6-18H,5H2,1-4H3;7-12,14-16H,6,13H2,1-5H3;5-10H,4H2,1-3H3;5-7,13H,4H2,1-3H3/b11-10+;8-7+;;/t18-;16-;;/m00../s1. The number of benzene rings is 5. The molecule has 94 heavy (non-hydrogen) atoms. The maximum atomic E-state index is 12.6. The Bertz CT molecular complexity index is 3910. The number of hydrogen-bond acceptors (Lipinski definition) is 10. The van der Waals surface area contributed by atoms with Crippen molar-refractivity contribution in [2.45, 2.75) is 164 Å². The zero-order chi connectivity index (χ0) is 69.3. The van der Waals surface area contributed by atoms with Crippen molar-refractivity contribution in [2.75, 3.05) is 0 Å². The van der Waals surface area contributed by atoms with Crippen molar-refractivity contribution in [2.24, 2.45) is 5.92 Å². The molecular formula is C78H87BrCl4N4O7. The zero-order valence-corrected chi connectivity index (χ0v) is 61.1. The van der Waals surface area contributed by atoms with E-state index in [-0.39, 0.29) is 50.9 Å². The molecule has 16 heteroatoms. The summed E-state index contributed by atoms with van der Waals surface area (Å²) < 4.78 is 18.3. The summed E-state index contributed by atoms with van der Waals surface area (Å²) in [6, 6.07) is 40.6. The third-order valence-corrected chi connectivity index (χ3v) is 19.0. The first-order valence-corrected chi connectivity index (χ1v) is 33.9. The molecule has 8 aromatic rings. The lowest BCUT2D eigenvalue weighted by Crippen LogP contribution is -2.36. The number of ketones is 1. The Hall–Kier alpha value is -7.32. The molecule has 0 saturated carbocycles. The minimum Gasteiger partial charge on any atom is -0.506 e. The number of aromatic nitrogens is 3. The highest BCUT2D eigenvalue weighted by molar-refractivity contribution is 9.10. The minimum absolute atomic E-state index is 0.0403. The summed E-state index contributed by atoms with van der Waals surface area (Å²) in [7, 11) is 0. The minimum atomic E-state index is -0.395. The number of carbonyl (C=O) groups excluding carboxylic acids is 3. The van der Waals surface area contributed by atoms with Crippen LogP contribution in [0.1, 0.15) is 190 Å². The number of halogens is 5. The maximum Gasteiger partial charge on any atom is 0.262 e. The molecule has 1 N–H and O–H groups in total. The number of phenolic OH excluding ortho intramolecular Hbond substituents is 1. The summed E-state index contributed by atoms with van der Waals surface area (Å²) in [4.78, 5) is 50.5. The molecule has 4 heterocycles. The molecule has 0 radical (unpaired) electrons. The molecule has 1 aliphatic rings. The molecular weight excluding hydrogens is 1330 g/mol. The summed E-state index contributed by atoms with van der Waals surface area (Å²) in [5.41, 5.74) is 7.75. The molecule has 0 bridgehead atoms. The summed E-state index contributed by atoms with van der Waals surface area (Å²) in [6.07, 6.45) is 17.4. The van der Waals surface area contributed by atoms with Gasteiger partial charge in [-0.3, -0.25) is 14.5 Å². The smallest absolute Gasteiger partial charge is 0.262 e. The normalized spacial score (nSPS) is 13.0. The van der Waals surface area contributed by atoms with Crippen LogP contribution in [0.25, 0.3) is 12.2 Å². The third kappa shape index (κ3) is 21.1. The van der Waals surface area contributed by atoms with E-state index >= 15 is 0 Å². The topological polar surface area (TPSA) is 141 Å². The second-order valence-electron chi connectivity index (χ2n) is 25.9. The van der Waals surface area contributed by atoms with Gasteiger partial charge < -0.3 is 24.1 Å². The van der Waals surface area contributed by atoms with Crippen molar-refractivity contribution < 1.29 is 33.7 Å². The van der Waals surface area contributed by atoms with Crippen molar-refractivity contribution in [3.05, 3.63) is 233 Å². The predicted octanol–water partition coefficient (Wildman–Crippen LogP) is 23.5. The number of carbonyl (C=O) groups is 3. The van der Waals surface area contributed by atoms with Crippen LogP contribution in [0.15, 0.2) is 169 Å². The fourth-order valence-corrected chi connectivity index (χ4v) is 10.4. The molecule has 496 valence electrons. The van der Waals surface area contributed by atoms with Crippen LogP contribution in [-0.4, -0.2) is 48.6 Å². The van der Waals surface area contributed by atoms with E-state index in [0.29, 0.717) is 72.5 Å². The van der Waals surface area contributed by atoms with Crippen LogP contribution in [0.2, 0.25) is 20.1 Å². The van der Waals surface area contributed by atoms with Gasteiger partial charge in [-0.1, -0.05) is 197 Å². The Morgan fingerprint density at radius 2 is 0.862 bits per heavy atom. The molecule has 3 aromatic heterocycles. The van der Waals surface area contributed by atoms with Crippen LogP contribution in [0.5, 0.6) is 40.6 Å². The van der Waals surface area contributed by atoms with Crippen LogP contribution < -0.4 is 14.2 Å². The van der Waals surface area contributed by atoms with Crippen LogP contribution in [-0.2, 0) is 26.5 Å². The molecule has 0 spiro atoms. The van der Waals surface area contributed by atoms with E-state index in [2.05, 4.69) is 126 Å². The fourth-order valence-electron chi connectivity index (χ4n) is 9.33. The van der Waals surface area contributed by atoms with Crippen molar-refractivity contribution in [1.82, 2.24) is 19.9 Å². The SMILES string of the molecule is CCC(C)(C)c1ccc(O)c(Cl)c1.CCC(C)(C)c1ccc(Oc2ccc(/C=C/[C@H](C)CC(C)=O)cn2)c(Cl)c1.CCC(C)(C)c1ccc(Oc2ccc(/C=C/[C@H](C)N3C(=O)c4ccccc4C3=O)cn2)c(Cl)c1.CCC(C)(C)c1ccc(Oc2ccc(Br)cn2)c(Cl)c1. The number of pyridine rings is 3. The van der Waals surface area contributed by atoms with Crippen molar-refractivity contribution >= 4 is 92.1 Å². The molecule has 11 nitrogen and oxygen atoms in total. The number of ether oxygens (including phenoxy) is 3. The first kappa shape index (κ1) is 75.7. The number of allylic oxidation sites excluding steroid dienone is 1. The Morgan fingerprint density at radius 1 is 0.511 bits per heavy atom. The Balaban J connectivity index is 0.000000209. The predicted molar refractivity (Wildman–Crippen MR) is 390 cm³/mol. The van der Waals surface area contributed by atoms with E-state index < -0.39 is 6.04 Å². The lowest BCUT2D eigenvalue weighted by molar-refractivity contribution is -0.117. The average molecular weight is 1410 g/mol. The van der Waals surface area contributed by atoms with Gasteiger partial charge in [0.2, 0.25) is 17.6 Å². The summed E-state index contributed by atoms with van der Waals surface area (Å²) in [6.45, 7) is 31.6. The lowest BCUT2D eigenvalue weighted by atomic mass is 9.82. The lowest BCUT2D eigenvalue weighted by Gasteiger charge is -2.23. The number of imide groups is 1. The molecule has 9 rings (SSSR count). The number of amides is 2. The highest BCUT2D eigenvalue weighted by atomic mass is 79.9. The molecule has 5 aromatic carbocycles. The Kier molecular flexibility index (Phi) is 27.3. The number of nitrogens with zero attached hydrogens (tertiary/aromatic N) is 4. The van der Waals surface area contributed by atoms with Gasteiger partial charge in [0.05, 0.1) is 37.3 Å². The van der Waals surface area contributed by atoms with E-state index in [9.17, 15) is 19.5 Å². The number of Topliss-reactive ketones (excluding diaryl/α,β-unsaturated/α-hetero) is 1. The number of fused-ring (bicyclic) bond motifs is 1. The Labute approximate surface area is 585 Å². The highest BCUT2D eigenvalue weighted by Gasteiger charge is 2.37. The van der Waals surface area contributed by atoms with Crippen LogP contribution in [0.3, 0.4) is 0 Å². The molecule has 0 aliphatic carbocycles. The monoisotopic (exact) mass is 1410 g/mol. The second kappa shape index (κ2) is 33.9. The van der Waals surface area contributed by atoms with Gasteiger partial charge in [-0.2, -0.15) is 0 Å². The number of hydrogen-bond donors (Lipinski definition) is 1. The quantitative estimate of drug-likeness (QED) is 0.0691. The number of aromatic hydroxyl groups is 1. The fraction of sp³-hybridized carbons (Fsp3) is 0.333. The first-order chi connectivity index (χ1) is 44.3. The summed E-state index contributed by atoms with van der Waals surface area (Å²) in [5.74, 6) is 3.22. The summed E-state index contributed by atoms with van der Waals surface area (Å²) >= 11 is 28.3. The number of phenols is 1. The van der Waals surface area contributed by atoms with Gasteiger partial charge >= 0.3 is 0 Å². The van der Waals surface area contributed by atoms with E-state index in [1.807, 2.05) is 117 Å². The molecule has 2 amide bonds. The van der Waals surface area contributed by atoms with Gasteiger partial charge in [0.25, 0.3) is 11.8 Å². The van der Waals surface area contributed by atoms with Gasteiger partial charge in [0.15, 0.2) is 0 Å². The van der Waals surface area contributed by atoms with Crippen molar-refractivity contribution in [3.63, 3.8) is 0 Å². The first-order valence-electron chi connectivity index (χ1n) is 31.6. The molecule has 0 fully saturated rings. The van der Waals surface area contributed by atoms with E-state index in [4.69, 9.17) is 60.6 Å². The highest BCUT2D eigenvalue weighted by Crippen LogP contribution is 2.39. The van der Waals surface area contributed by atoms with Crippen molar-refractivity contribution in [3.8, 4) is 40.6 Å². The van der Waals surface area contributed by atoms with Gasteiger partial charge in [0.1, 0.15) is 28.8 Å². The van der Waals surface area contributed by atoms with E-state index in [0.717, 1.165) is 52.4 Å². The van der Waals surface area contributed by atoms with E-state index in [1.54, 1.807) is 68.0 Å². The molecule has 2 atom stereocenters. The maximum absolute atomic E-state index is 12.6. The molecule has 1 aliphatic heterocycles. The van der Waals surface area contributed by atoms with Gasteiger partial charge in [-0.05, 0) is 195 Å². The molecule has 0 saturated heterocycles. The number of rotatable bonds is 21. The largest absolute Gasteiger partial charge is 0.506 e. The van der Waals surface area contributed by atoms with Crippen LogP contribution in [0.4, 0.5) is 0 Å². The Morgan fingerprint density at radius 3 is 1.18 bits per heavy atom. The van der Waals surface area contributed by atoms with E-state index in [1.165, 1.54) is 16.0 Å². The third-order valence-electron chi connectivity index (χ3n) is 17.3. The molecule has 0 unspecified atom stereocenters. The van der Waals surface area contributed by atoms with Gasteiger partial charge in [0, 0.05) is 47.7 Å². The zero-order valence-electron chi connectivity index (χ0n) is 56.5. The second-order valence-corrected chi connectivity index (χ2v) is 28.4. The van der Waals surface area contributed by atoms with Gasteiger partial charge in [-0.15, -0.1) is 0 Å². The van der Waals surface area contributed by atoms with Crippen LogP contribution in [0, 0.1) is 5.92 Å². The van der Waals surface area contributed by atoms with Crippen LogP contribution >= 0.6 is 62.3 Å².